The third-order valence-corrected chi connectivity index (χ3v) is 5.90. The standard InChI is InChI=1S/C15H17N5O4S/c16-14(22)15-17-9-20(18-15)8-13(21)19-25(23,24)12-6-11(7-12)10-4-2-1-3-5-10/h1-5,9,11-12H,6-8H2,(H2,16,22)(H,19,21). The van der Waals surface area contributed by atoms with Crippen LogP contribution in [0.15, 0.2) is 36.7 Å². The van der Waals surface area contributed by atoms with E-state index >= 15 is 0 Å². The molecule has 1 aromatic heterocycles. The van der Waals surface area contributed by atoms with Crippen molar-refractivity contribution in [2.45, 2.75) is 30.6 Å². The van der Waals surface area contributed by atoms with Gasteiger partial charge in [0.15, 0.2) is 0 Å². The maximum Gasteiger partial charge on any atom is 0.288 e. The highest BCUT2D eigenvalue weighted by Crippen LogP contribution is 2.40. The molecule has 2 amide bonds. The summed E-state index contributed by atoms with van der Waals surface area (Å²) in [7, 11) is -3.75. The normalized spacial score (nSPS) is 19.8. The second kappa shape index (κ2) is 6.63. The van der Waals surface area contributed by atoms with Crippen molar-refractivity contribution in [3.8, 4) is 0 Å². The number of benzene rings is 1. The molecule has 2 aromatic rings. The van der Waals surface area contributed by atoms with Gasteiger partial charge < -0.3 is 5.73 Å². The Labute approximate surface area is 144 Å². The maximum atomic E-state index is 12.3. The summed E-state index contributed by atoms with van der Waals surface area (Å²) in [5, 5.41) is 3.09. The highest BCUT2D eigenvalue weighted by Gasteiger charge is 2.40. The van der Waals surface area contributed by atoms with Crippen molar-refractivity contribution in [2.24, 2.45) is 5.73 Å². The molecule has 1 aliphatic rings. The lowest BCUT2D eigenvalue weighted by Crippen LogP contribution is -2.45. The molecule has 132 valence electrons. The van der Waals surface area contributed by atoms with Gasteiger partial charge in [0.25, 0.3) is 11.8 Å². The number of nitrogens with one attached hydrogen (secondary N) is 1. The molecule has 1 heterocycles. The van der Waals surface area contributed by atoms with Crippen molar-refractivity contribution in [2.75, 3.05) is 0 Å². The summed E-state index contributed by atoms with van der Waals surface area (Å²) in [6.45, 7) is -0.367. The van der Waals surface area contributed by atoms with Gasteiger partial charge >= 0.3 is 0 Å². The number of amides is 2. The van der Waals surface area contributed by atoms with Gasteiger partial charge in [-0.05, 0) is 24.3 Å². The fraction of sp³-hybridized carbons (Fsp3) is 0.333. The molecule has 10 heteroatoms. The van der Waals surface area contributed by atoms with Crippen LogP contribution >= 0.6 is 0 Å². The predicted molar refractivity (Wildman–Crippen MR) is 87.8 cm³/mol. The van der Waals surface area contributed by atoms with Gasteiger partial charge in [-0.15, -0.1) is 5.10 Å². The van der Waals surface area contributed by atoms with Crippen molar-refractivity contribution in [1.29, 1.82) is 0 Å². The van der Waals surface area contributed by atoms with E-state index in [1.165, 1.54) is 0 Å². The van der Waals surface area contributed by atoms with Crippen LogP contribution in [0.3, 0.4) is 0 Å². The van der Waals surface area contributed by atoms with E-state index in [0.29, 0.717) is 12.8 Å². The minimum atomic E-state index is -3.75. The first-order valence-corrected chi connectivity index (χ1v) is 9.18. The average Bonchev–Trinajstić information content (AvgIpc) is 2.94. The van der Waals surface area contributed by atoms with Gasteiger partial charge in [-0.2, -0.15) is 0 Å². The number of carbonyl (C=O) groups excluding carboxylic acids is 2. The molecule has 0 atom stereocenters. The molecule has 0 bridgehead atoms. The lowest BCUT2D eigenvalue weighted by Gasteiger charge is -2.34. The van der Waals surface area contributed by atoms with Gasteiger partial charge in [0.05, 0.1) is 5.25 Å². The second-order valence-corrected chi connectivity index (χ2v) is 7.86. The van der Waals surface area contributed by atoms with Gasteiger partial charge in [-0.1, -0.05) is 30.3 Å². The van der Waals surface area contributed by atoms with E-state index in [-0.39, 0.29) is 18.3 Å². The van der Waals surface area contributed by atoms with Crippen molar-refractivity contribution in [1.82, 2.24) is 19.5 Å². The average molecular weight is 363 g/mol. The molecule has 3 rings (SSSR count). The highest BCUT2D eigenvalue weighted by atomic mass is 32.2. The number of nitrogens with zero attached hydrogens (tertiary/aromatic N) is 3. The molecule has 9 nitrogen and oxygen atoms in total. The third-order valence-electron chi connectivity index (χ3n) is 4.12. The first-order valence-electron chi connectivity index (χ1n) is 7.64. The van der Waals surface area contributed by atoms with Crippen LogP contribution < -0.4 is 10.5 Å². The molecule has 1 saturated carbocycles. The van der Waals surface area contributed by atoms with Crippen LogP contribution in [0.1, 0.15) is 34.9 Å². The largest absolute Gasteiger partial charge is 0.363 e. The molecule has 1 aliphatic carbocycles. The maximum absolute atomic E-state index is 12.3. The topological polar surface area (TPSA) is 137 Å². The second-order valence-electron chi connectivity index (χ2n) is 5.90. The minimum absolute atomic E-state index is 0.186. The lowest BCUT2D eigenvalue weighted by molar-refractivity contribution is -0.120. The minimum Gasteiger partial charge on any atom is -0.363 e. The predicted octanol–water partition coefficient (Wildman–Crippen LogP) is -0.231. The molecule has 1 aromatic carbocycles. The fourth-order valence-corrected chi connectivity index (χ4v) is 4.24. The first kappa shape index (κ1) is 17.1. The van der Waals surface area contributed by atoms with Crippen LogP contribution in [0.4, 0.5) is 0 Å². The number of primary amides is 1. The Bertz CT molecular complexity index is 888. The zero-order valence-electron chi connectivity index (χ0n) is 13.2. The molecular formula is C15H17N5O4S. The molecule has 0 aliphatic heterocycles. The van der Waals surface area contributed by atoms with E-state index in [4.69, 9.17) is 5.73 Å². The Balaban J connectivity index is 1.55. The number of hydrogen-bond donors (Lipinski definition) is 2. The molecule has 25 heavy (non-hydrogen) atoms. The number of carbonyl (C=O) groups is 2. The van der Waals surface area contributed by atoms with Crippen LogP contribution in [0.2, 0.25) is 0 Å². The zero-order chi connectivity index (χ0) is 18.0. The van der Waals surface area contributed by atoms with Gasteiger partial charge in [-0.25, -0.2) is 18.1 Å². The molecule has 3 N–H and O–H groups in total. The van der Waals surface area contributed by atoms with E-state index in [1.807, 2.05) is 35.1 Å². The number of hydrogen-bond acceptors (Lipinski definition) is 6. The quantitative estimate of drug-likeness (QED) is 0.727. The fourth-order valence-electron chi connectivity index (χ4n) is 2.72. The van der Waals surface area contributed by atoms with Crippen LogP contribution in [0.5, 0.6) is 0 Å². The van der Waals surface area contributed by atoms with Crippen LogP contribution in [-0.2, 0) is 21.4 Å². The number of aromatic nitrogens is 3. The van der Waals surface area contributed by atoms with Crippen molar-refractivity contribution in [3.63, 3.8) is 0 Å². The molecule has 0 radical (unpaired) electrons. The summed E-state index contributed by atoms with van der Waals surface area (Å²) in [6.07, 6.45) is 2.09. The monoisotopic (exact) mass is 363 g/mol. The van der Waals surface area contributed by atoms with Gasteiger partial charge in [0, 0.05) is 0 Å². The number of nitrogens with two attached hydrogens (primary N) is 1. The summed E-state index contributed by atoms with van der Waals surface area (Å²) in [5.74, 6) is -1.62. The Morgan fingerprint density at radius 2 is 1.92 bits per heavy atom. The zero-order valence-corrected chi connectivity index (χ0v) is 14.0. The molecular weight excluding hydrogens is 346 g/mol. The third kappa shape index (κ3) is 3.85. The molecule has 0 spiro atoms. The summed E-state index contributed by atoms with van der Waals surface area (Å²) >= 11 is 0. The summed E-state index contributed by atoms with van der Waals surface area (Å²) in [6, 6.07) is 9.67. The number of rotatable bonds is 6. The van der Waals surface area contributed by atoms with Gasteiger partial charge in [0.2, 0.25) is 15.8 Å². The smallest absolute Gasteiger partial charge is 0.288 e. The van der Waals surface area contributed by atoms with Crippen LogP contribution in [0, 0.1) is 0 Å². The Morgan fingerprint density at radius 3 is 2.52 bits per heavy atom. The summed E-state index contributed by atoms with van der Waals surface area (Å²) in [5.41, 5.74) is 6.11. The molecule has 0 saturated heterocycles. The van der Waals surface area contributed by atoms with Crippen LogP contribution in [-0.4, -0.2) is 40.2 Å². The van der Waals surface area contributed by atoms with E-state index < -0.39 is 27.1 Å². The van der Waals surface area contributed by atoms with Crippen molar-refractivity contribution >= 4 is 21.8 Å². The molecule has 1 fully saturated rings. The SMILES string of the molecule is NC(=O)c1ncn(CC(=O)NS(=O)(=O)C2CC(c3ccccc3)C2)n1. The Hall–Kier alpha value is -2.75. The summed E-state index contributed by atoms with van der Waals surface area (Å²) < 4.78 is 27.6. The van der Waals surface area contributed by atoms with Crippen molar-refractivity contribution in [3.05, 3.63) is 48.0 Å². The van der Waals surface area contributed by atoms with E-state index in [1.54, 1.807) is 0 Å². The van der Waals surface area contributed by atoms with Crippen molar-refractivity contribution < 1.29 is 18.0 Å². The Morgan fingerprint density at radius 1 is 1.24 bits per heavy atom. The number of sulfonamides is 1. The lowest BCUT2D eigenvalue weighted by atomic mass is 9.79. The molecule has 0 unspecified atom stereocenters. The first-order chi connectivity index (χ1) is 11.8. The van der Waals surface area contributed by atoms with E-state index in [9.17, 15) is 18.0 Å². The van der Waals surface area contributed by atoms with E-state index in [0.717, 1.165) is 16.6 Å². The van der Waals surface area contributed by atoms with E-state index in [2.05, 4.69) is 10.1 Å². The highest BCUT2D eigenvalue weighted by molar-refractivity contribution is 7.90. The van der Waals surface area contributed by atoms with Crippen LogP contribution in [0.25, 0.3) is 0 Å². The Kier molecular flexibility index (Phi) is 4.53. The van der Waals surface area contributed by atoms with Gasteiger partial charge in [-0.3, -0.25) is 14.3 Å². The van der Waals surface area contributed by atoms with Gasteiger partial charge in [0.1, 0.15) is 12.9 Å². The summed E-state index contributed by atoms with van der Waals surface area (Å²) in [4.78, 5) is 26.4.